The van der Waals surface area contributed by atoms with Gasteiger partial charge in [-0.2, -0.15) is 0 Å². The van der Waals surface area contributed by atoms with E-state index in [0.717, 1.165) is 19.4 Å². The first-order chi connectivity index (χ1) is 4.35. The van der Waals surface area contributed by atoms with Crippen LogP contribution in [0.2, 0.25) is 0 Å². The van der Waals surface area contributed by atoms with Crippen molar-refractivity contribution in [1.29, 1.82) is 0 Å². The number of hydrogen-bond acceptors (Lipinski definition) is 2. The fraction of sp³-hybridized carbons (Fsp3) is 0.833. The fourth-order valence-electron chi connectivity index (χ4n) is 0.601. The maximum atomic E-state index is 10.1. The van der Waals surface area contributed by atoms with Gasteiger partial charge in [0, 0.05) is 13.7 Å². The molecular formula is C6H13NO2. The molecule has 0 aromatic carbocycles. The molecule has 3 nitrogen and oxygen atoms in total. The van der Waals surface area contributed by atoms with Crippen molar-refractivity contribution in [3.8, 4) is 0 Å². The molecule has 0 bridgehead atoms. The lowest BCUT2D eigenvalue weighted by Crippen LogP contribution is -2.24. The molecule has 0 radical (unpaired) electrons. The molecule has 0 N–H and O–H groups in total. The Morgan fingerprint density at radius 1 is 1.67 bits per heavy atom. The number of nitrogens with zero attached hydrogens (tertiary/aromatic N) is 1. The van der Waals surface area contributed by atoms with Gasteiger partial charge in [0.05, 0.1) is 0 Å². The lowest BCUT2D eigenvalue weighted by Gasteiger charge is -2.13. The smallest absolute Gasteiger partial charge is 0.211 e. The highest BCUT2D eigenvalue weighted by Gasteiger charge is 1.95. The van der Waals surface area contributed by atoms with E-state index in [1.165, 1.54) is 0 Å². The molecule has 0 aliphatic rings. The highest BCUT2D eigenvalue weighted by atomic mass is 16.5. The summed E-state index contributed by atoms with van der Waals surface area (Å²) in [6.07, 6.45) is 1.77. The number of carbonyl (C=O) groups excluding carboxylic acids is 1. The van der Waals surface area contributed by atoms with Gasteiger partial charge in [0.2, 0.25) is 6.41 Å². The minimum absolute atomic E-state index is 0.400. The molecule has 1 amide bonds. The summed E-state index contributed by atoms with van der Waals surface area (Å²) in [5.74, 6) is 0. The van der Waals surface area contributed by atoms with Crippen LogP contribution in [0.25, 0.3) is 0 Å². The van der Waals surface area contributed by atoms with Gasteiger partial charge in [0.15, 0.2) is 0 Å². The second kappa shape index (κ2) is 5.56. The van der Waals surface area contributed by atoms with Gasteiger partial charge in [0.25, 0.3) is 0 Å². The quantitative estimate of drug-likeness (QED) is 0.400. The Kier molecular flexibility index (Phi) is 5.21. The van der Waals surface area contributed by atoms with Crippen LogP contribution < -0.4 is 0 Å². The van der Waals surface area contributed by atoms with Crippen molar-refractivity contribution < 1.29 is 9.53 Å². The summed E-state index contributed by atoms with van der Waals surface area (Å²) in [6, 6.07) is 0. The average Bonchev–Trinajstić information content (AvgIpc) is 1.88. The monoisotopic (exact) mass is 131 g/mol. The van der Waals surface area contributed by atoms with Crippen molar-refractivity contribution in [3.63, 3.8) is 0 Å². The molecule has 0 aromatic heterocycles. The molecule has 0 saturated carbocycles. The number of ether oxygens (including phenoxy) is 1. The molecule has 0 spiro atoms. The molecular weight excluding hydrogens is 118 g/mol. The molecule has 0 aliphatic heterocycles. The van der Waals surface area contributed by atoms with Crippen LogP contribution in [0.4, 0.5) is 0 Å². The molecule has 0 atom stereocenters. The summed E-state index contributed by atoms with van der Waals surface area (Å²) >= 11 is 0. The van der Waals surface area contributed by atoms with Crippen LogP contribution in [0, 0.1) is 0 Å². The van der Waals surface area contributed by atoms with Gasteiger partial charge in [-0.1, -0.05) is 6.92 Å². The average molecular weight is 131 g/mol. The number of carbonyl (C=O) groups is 1. The summed E-state index contributed by atoms with van der Waals surface area (Å²) in [4.78, 5) is 11.7. The normalized spacial score (nSPS) is 9.11. The van der Waals surface area contributed by atoms with Gasteiger partial charge in [0.1, 0.15) is 6.73 Å². The summed E-state index contributed by atoms with van der Waals surface area (Å²) < 4.78 is 4.74. The maximum Gasteiger partial charge on any atom is 0.211 e. The van der Waals surface area contributed by atoms with E-state index in [2.05, 4.69) is 0 Å². The first-order valence-electron chi connectivity index (χ1n) is 3.03. The maximum absolute atomic E-state index is 10.1. The standard InChI is InChI=1S/C6H13NO2/c1-3-4-7(5-8)6-9-2/h5H,3-4,6H2,1-2H3. The summed E-state index contributed by atoms with van der Waals surface area (Å²) in [7, 11) is 1.58. The van der Waals surface area contributed by atoms with Crippen LogP contribution in [0.5, 0.6) is 0 Å². The molecule has 9 heavy (non-hydrogen) atoms. The topological polar surface area (TPSA) is 29.5 Å². The largest absolute Gasteiger partial charge is 0.364 e. The minimum atomic E-state index is 0.400. The van der Waals surface area contributed by atoms with Crippen molar-refractivity contribution >= 4 is 6.41 Å². The van der Waals surface area contributed by atoms with E-state index in [1.54, 1.807) is 12.0 Å². The minimum Gasteiger partial charge on any atom is -0.364 e. The molecule has 0 fully saturated rings. The van der Waals surface area contributed by atoms with Crippen molar-refractivity contribution in [3.05, 3.63) is 0 Å². The summed E-state index contributed by atoms with van der Waals surface area (Å²) in [5, 5.41) is 0. The summed E-state index contributed by atoms with van der Waals surface area (Å²) in [6.45, 7) is 3.20. The zero-order valence-electron chi connectivity index (χ0n) is 5.96. The third-order valence-electron chi connectivity index (χ3n) is 0.955. The lowest BCUT2D eigenvalue weighted by molar-refractivity contribution is -0.122. The van der Waals surface area contributed by atoms with E-state index in [1.807, 2.05) is 6.92 Å². The SMILES string of the molecule is CCCN(C=O)COC. The third kappa shape index (κ3) is 3.97. The highest BCUT2D eigenvalue weighted by Crippen LogP contribution is 1.84. The highest BCUT2D eigenvalue weighted by molar-refractivity contribution is 5.46. The van der Waals surface area contributed by atoms with Crippen molar-refractivity contribution in [1.82, 2.24) is 4.90 Å². The predicted molar refractivity (Wildman–Crippen MR) is 34.9 cm³/mol. The molecule has 0 aromatic rings. The van der Waals surface area contributed by atoms with E-state index < -0.39 is 0 Å². The zero-order chi connectivity index (χ0) is 7.11. The van der Waals surface area contributed by atoms with Crippen LogP contribution >= 0.6 is 0 Å². The fourth-order valence-corrected chi connectivity index (χ4v) is 0.601. The molecule has 0 rings (SSSR count). The van der Waals surface area contributed by atoms with Crippen LogP contribution in [-0.2, 0) is 9.53 Å². The molecule has 0 heterocycles. The number of methoxy groups -OCH3 is 1. The molecule has 3 heteroatoms. The molecule has 0 unspecified atom stereocenters. The van der Waals surface area contributed by atoms with Gasteiger partial charge < -0.3 is 9.64 Å². The van der Waals surface area contributed by atoms with E-state index in [-0.39, 0.29) is 0 Å². The number of rotatable bonds is 5. The molecule has 54 valence electrons. The Morgan fingerprint density at radius 3 is 2.67 bits per heavy atom. The van der Waals surface area contributed by atoms with Crippen molar-refractivity contribution in [2.45, 2.75) is 13.3 Å². The van der Waals surface area contributed by atoms with E-state index in [0.29, 0.717) is 6.73 Å². The Morgan fingerprint density at radius 2 is 2.33 bits per heavy atom. The van der Waals surface area contributed by atoms with E-state index in [4.69, 9.17) is 4.74 Å². The lowest BCUT2D eigenvalue weighted by atomic mass is 10.5. The second-order valence-corrected chi connectivity index (χ2v) is 1.84. The Balaban J connectivity index is 3.29. The number of amides is 1. The molecule has 0 saturated heterocycles. The van der Waals surface area contributed by atoms with Crippen LogP contribution in [0.3, 0.4) is 0 Å². The Bertz CT molecular complexity index is 69.5. The van der Waals surface area contributed by atoms with E-state index >= 15 is 0 Å². The Hall–Kier alpha value is -0.570. The van der Waals surface area contributed by atoms with Crippen molar-refractivity contribution in [2.75, 3.05) is 20.4 Å². The summed E-state index contributed by atoms with van der Waals surface area (Å²) in [5.41, 5.74) is 0. The predicted octanol–water partition coefficient (Wildman–Crippen LogP) is 0.459. The van der Waals surface area contributed by atoms with Crippen LogP contribution in [0.15, 0.2) is 0 Å². The Labute approximate surface area is 55.6 Å². The first-order valence-corrected chi connectivity index (χ1v) is 3.03. The van der Waals surface area contributed by atoms with Crippen LogP contribution in [-0.4, -0.2) is 31.7 Å². The van der Waals surface area contributed by atoms with Gasteiger partial charge in [-0.25, -0.2) is 0 Å². The zero-order valence-corrected chi connectivity index (χ0v) is 5.96. The van der Waals surface area contributed by atoms with Crippen molar-refractivity contribution in [2.24, 2.45) is 0 Å². The third-order valence-corrected chi connectivity index (χ3v) is 0.955. The van der Waals surface area contributed by atoms with Gasteiger partial charge in [-0.15, -0.1) is 0 Å². The molecule has 0 aliphatic carbocycles. The van der Waals surface area contributed by atoms with Gasteiger partial charge in [-0.05, 0) is 6.42 Å². The van der Waals surface area contributed by atoms with E-state index in [9.17, 15) is 4.79 Å². The van der Waals surface area contributed by atoms with Gasteiger partial charge in [-0.3, -0.25) is 4.79 Å². The number of hydrogen-bond donors (Lipinski definition) is 0. The van der Waals surface area contributed by atoms with Gasteiger partial charge >= 0.3 is 0 Å². The van der Waals surface area contributed by atoms with Crippen LogP contribution in [0.1, 0.15) is 13.3 Å². The first kappa shape index (κ1) is 8.43. The second-order valence-electron chi connectivity index (χ2n) is 1.84.